The summed E-state index contributed by atoms with van der Waals surface area (Å²) in [5.41, 5.74) is 2.89. The Morgan fingerprint density at radius 1 is 1.00 bits per heavy atom. The molecular weight excluding hydrogens is 392 g/mol. The van der Waals surface area contributed by atoms with Crippen LogP contribution in [-0.2, 0) is 6.54 Å². The number of aromatic nitrogens is 2. The number of thiophene rings is 1. The van der Waals surface area contributed by atoms with E-state index in [2.05, 4.69) is 0 Å². The van der Waals surface area contributed by atoms with Gasteiger partial charge in [0.05, 0.1) is 17.6 Å². The lowest BCUT2D eigenvalue weighted by atomic mass is 10.1. The number of fused-ring (bicyclic) bond motifs is 1. The lowest BCUT2D eigenvalue weighted by Gasteiger charge is -2.14. The van der Waals surface area contributed by atoms with Crippen molar-refractivity contribution in [1.29, 1.82) is 0 Å². The fourth-order valence-electron chi connectivity index (χ4n) is 3.40. The summed E-state index contributed by atoms with van der Waals surface area (Å²) in [5, 5.41) is 1.07. The molecule has 0 aliphatic rings. The van der Waals surface area contributed by atoms with Crippen LogP contribution in [-0.4, -0.2) is 9.13 Å². The van der Waals surface area contributed by atoms with Crippen LogP contribution in [0.25, 0.3) is 15.9 Å². The van der Waals surface area contributed by atoms with Crippen LogP contribution >= 0.6 is 22.9 Å². The Labute approximate surface area is 171 Å². The summed E-state index contributed by atoms with van der Waals surface area (Å²) in [4.78, 5) is 28.5. The van der Waals surface area contributed by atoms with E-state index in [0.29, 0.717) is 27.5 Å². The Hall–Kier alpha value is -2.63. The molecule has 0 radical (unpaired) electrons. The van der Waals surface area contributed by atoms with Gasteiger partial charge in [-0.15, -0.1) is 11.3 Å². The van der Waals surface area contributed by atoms with Gasteiger partial charge in [-0.2, -0.15) is 0 Å². The first-order chi connectivity index (χ1) is 13.4. The number of rotatable bonds is 3. The van der Waals surface area contributed by atoms with Crippen molar-refractivity contribution < 1.29 is 0 Å². The molecule has 28 heavy (non-hydrogen) atoms. The molecule has 0 N–H and O–H groups in total. The van der Waals surface area contributed by atoms with E-state index in [9.17, 15) is 9.59 Å². The molecular formula is C22H19ClN2O2S. The molecule has 4 rings (SSSR count). The maximum atomic E-state index is 13.4. The molecule has 0 fully saturated rings. The predicted molar refractivity (Wildman–Crippen MR) is 116 cm³/mol. The summed E-state index contributed by atoms with van der Waals surface area (Å²) in [6.45, 7) is 6.34. The fourth-order valence-corrected chi connectivity index (χ4v) is 4.72. The number of nitrogens with zero attached hydrogens (tertiary/aromatic N) is 2. The van der Waals surface area contributed by atoms with Crippen LogP contribution in [0.1, 0.15) is 21.6 Å². The van der Waals surface area contributed by atoms with Gasteiger partial charge in [-0.25, -0.2) is 9.36 Å². The third kappa shape index (κ3) is 3.01. The van der Waals surface area contributed by atoms with Crippen LogP contribution in [0.3, 0.4) is 0 Å². The zero-order valence-corrected chi connectivity index (χ0v) is 17.4. The molecule has 142 valence electrons. The molecule has 0 bridgehead atoms. The van der Waals surface area contributed by atoms with E-state index in [4.69, 9.17) is 11.6 Å². The van der Waals surface area contributed by atoms with Gasteiger partial charge >= 0.3 is 5.69 Å². The Balaban J connectivity index is 2.09. The second-order valence-corrected chi connectivity index (χ2v) is 8.52. The topological polar surface area (TPSA) is 44.0 Å². The van der Waals surface area contributed by atoms with Gasteiger partial charge in [0.25, 0.3) is 5.56 Å². The van der Waals surface area contributed by atoms with Gasteiger partial charge in [-0.05, 0) is 55.7 Å². The van der Waals surface area contributed by atoms with Crippen LogP contribution in [0, 0.1) is 20.8 Å². The summed E-state index contributed by atoms with van der Waals surface area (Å²) in [6.07, 6.45) is 0. The zero-order valence-electron chi connectivity index (χ0n) is 15.8. The third-order valence-electron chi connectivity index (χ3n) is 5.11. The van der Waals surface area contributed by atoms with Crippen molar-refractivity contribution in [3.05, 3.63) is 96.0 Å². The first-order valence-corrected chi connectivity index (χ1v) is 10.1. The number of hydrogen-bond donors (Lipinski definition) is 0. The quantitative estimate of drug-likeness (QED) is 0.485. The van der Waals surface area contributed by atoms with Crippen molar-refractivity contribution in [2.45, 2.75) is 27.3 Å². The Morgan fingerprint density at radius 2 is 1.75 bits per heavy atom. The van der Waals surface area contributed by atoms with Crippen LogP contribution in [0.4, 0.5) is 0 Å². The van der Waals surface area contributed by atoms with Crippen molar-refractivity contribution in [2.75, 3.05) is 0 Å². The van der Waals surface area contributed by atoms with Crippen molar-refractivity contribution in [2.24, 2.45) is 0 Å². The Kier molecular flexibility index (Phi) is 4.73. The molecule has 0 saturated carbocycles. The van der Waals surface area contributed by atoms with Crippen molar-refractivity contribution in [3.8, 4) is 5.69 Å². The Morgan fingerprint density at radius 3 is 2.46 bits per heavy atom. The largest absolute Gasteiger partial charge is 0.337 e. The third-order valence-corrected chi connectivity index (χ3v) is 6.57. The predicted octanol–water partition coefficient (Wildman–Crippen LogP) is 4.84. The summed E-state index contributed by atoms with van der Waals surface area (Å²) in [7, 11) is 0. The van der Waals surface area contributed by atoms with Gasteiger partial charge in [0.2, 0.25) is 0 Å². The number of hydrogen-bond acceptors (Lipinski definition) is 3. The van der Waals surface area contributed by atoms with Gasteiger partial charge in [0, 0.05) is 9.90 Å². The highest BCUT2D eigenvalue weighted by Gasteiger charge is 2.20. The monoisotopic (exact) mass is 410 g/mol. The van der Waals surface area contributed by atoms with E-state index in [-0.39, 0.29) is 11.2 Å². The highest BCUT2D eigenvalue weighted by molar-refractivity contribution is 7.18. The zero-order chi connectivity index (χ0) is 20.0. The number of aryl methyl sites for hydroxylation is 3. The molecule has 6 heteroatoms. The maximum absolute atomic E-state index is 13.4. The van der Waals surface area contributed by atoms with Crippen molar-refractivity contribution >= 4 is 33.2 Å². The number of benzene rings is 2. The lowest BCUT2D eigenvalue weighted by molar-refractivity contribution is 0.716. The van der Waals surface area contributed by atoms with Crippen LogP contribution in [0.2, 0.25) is 5.02 Å². The van der Waals surface area contributed by atoms with E-state index in [1.54, 1.807) is 28.8 Å². The molecule has 0 amide bonds. The molecule has 0 aliphatic carbocycles. The molecule has 4 nitrogen and oxygen atoms in total. The van der Waals surface area contributed by atoms with E-state index >= 15 is 0 Å². The van der Waals surface area contributed by atoms with Gasteiger partial charge in [0.15, 0.2) is 0 Å². The summed E-state index contributed by atoms with van der Waals surface area (Å²) >= 11 is 7.61. The molecule has 0 saturated heterocycles. The summed E-state index contributed by atoms with van der Waals surface area (Å²) in [6, 6.07) is 14.8. The van der Waals surface area contributed by atoms with Gasteiger partial charge in [-0.3, -0.25) is 9.36 Å². The molecule has 2 heterocycles. The van der Waals surface area contributed by atoms with E-state index < -0.39 is 0 Å². The van der Waals surface area contributed by atoms with Crippen LogP contribution in [0.15, 0.2) is 58.1 Å². The van der Waals surface area contributed by atoms with Crippen LogP contribution < -0.4 is 11.2 Å². The standard InChI is InChI=1S/C22H19ClN2O2S/c1-13-7-4-5-8-16(13)12-24-21-19(14(2)15(3)28-21)20(26)25(22(24)27)18-10-6-9-17(23)11-18/h4-11H,12H2,1-3H3. The summed E-state index contributed by atoms with van der Waals surface area (Å²) < 4.78 is 2.93. The van der Waals surface area contributed by atoms with E-state index in [1.165, 1.54) is 15.9 Å². The van der Waals surface area contributed by atoms with E-state index in [0.717, 1.165) is 21.6 Å². The molecule has 0 aliphatic heterocycles. The van der Waals surface area contributed by atoms with Gasteiger partial charge < -0.3 is 0 Å². The summed E-state index contributed by atoms with van der Waals surface area (Å²) in [5.74, 6) is 0. The minimum Gasteiger partial charge on any atom is -0.279 e. The first-order valence-electron chi connectivity index (χ1n) is 8.94. The Bertz CT molecular complexity index is 1330. The van der Waals surface area contributed by atoms with Gasteiger partial charge in [-0.1, -0.05) is 41.9 Å². The minimum absolute atomic E-state index is 0.301. The molecule has 0 atom stereocenters. The second kappa shape index (κ2) is 7.08. The lowest BCUT2D eigenvalue weighted by Crippen LogP contribution is -2.39. The fraction of sp³-hybridized carbons (Fsp3) is 0.182. The second-order valence-electron chi connectivity index (χ2n) is 6.88. The molecule has 0 unspecified atom stereocenters. The average molecular weight is 411 g/mol. The molecule has 0 spiro atoms. The normalized spacial score (nSPS) is 11.3. The van der Waals surface area contributed by atoms with Crippen LogP contribution in [0.5, 0.6) is 0 Å². The minimum atomic E-state index is -0.357. The first kappa shape index (κ1) is 18.7. The SMILES string of the molecule is Cc1ccccc1Cn1c(=O)n(-c2cccc(Cl)c2)c(=O)c2c(C)c(C)sc21. The van der Waals surface area contributed by atoms with Crippen molar-refractivity contribution in [1.82, 2.24) is 9.13 Å². The highest BCUT2D eigenvalue weighted by Crippen LogP contribution is 2.28. The molecule has 4 aromatic rings. The van der Waals surface area contributed by atoms with Gasteiger partial charge in [0.1, 0.15) is 4.83 Å². The van der Waals surface area contributed by atoms with E-state index in [1.807, 2.05) is 45.0 Å². The highest BCUT2D eigenvalue weighted by atomic mass is 35.5. The number of halogens is 1. The smallest absolute Gasteiger partial charge is 0.279 e. The maximum Gasteiger partial charge on any atom is 0.337 e. The van der Waals surface area contributed by atoms with Crippen molar-refractivity contribution in [3.63, 3.8) is 0 Å². The molecule has 2 aromatic carbocycles. The average Bonchev–Trinajstić information content (AvgIpc) is 2.95. The molecule has 2 aromatic heterocycles.